The molecular formula is C21H20F3N3O2. The van der Waals surface area contributed by atoms with E-state index in [0.717, 1.165) is 22.0 Å². The third-order valence-electron chi connectivity index (χ3n) is 4.47. The molecule has 152 valence electrons. The van der Waals surface area contributed by atoms with Gasteiger partial charge >= 0.3 is 6.18 Å². The monoisotopic (exact) mass is 403 g/mol. The minimum Gasteiger partial charge on any atom is -0.497 e. The molecule has 2 aromatic carbocycles. The molecule has 0 saturated heterocycles. The van der Waals surface area contributed by atoms with E-state index in [-0.39, 0.29) is 12.2 Å². The van der Waals surface area contributed by atoms with Crippen LogP contribution in [0.3, 0.4) is 0 Å². The number of ether oxygens (including phenoxy) is 1. The number of methoxy groups -OCH3 is 1. The molecule has 0 bridgehead atoms. The molecule has 0 spiro atoms. The summed E-state index contributed by atoms with van der Waals surface area (Å²) in [5, 5.41) is 3.85. The summed E-state index contributed by atoms with van der Waals surface area (Å²) < 4.78 is 47.2. The Morgan fingerprint density at radius 3 is 2.28 bits per heavy atom. The van der Waals surface area contributed by atoms with Crippen LogP contribution in [-0.2, 0) is 12.7 Å². The van der Waals surface area contributed by atoms with Crippen molar-refractivity contribution < 1.29 is 22.7 Å². The van der Waals surface area contributed by atoms with Crippen LogP contribution in [0.5, 0.6) is 5.75 Å². The normalized spacial score (nSPS) is 11.4. The molecule has 3 rings (SSSR count). The lowest BCUT2D eigenvalue weighted by Gasteiger charge is -2.19. The Labute approximate surface area is 166 Å². The van der Waals surface area contributed by atoms with E-state index in [1.807, 2.05) is 6.92 Å². The summed E-state index contributed by atoms with van der Waals surface area (Å²) in [7, 11) is 2.99. The first-order valence-electron chi connectivity index (χ1n) is 8.81. The van der Waals surface area contributed by atoms with Crippen LogP contribution >= 0.6 is 0 Å². The molecule has 0 unspecified atom stereocenters. The van der Waals surface area contributed by atoms with Gasteiger partial charge in [0.1, 0.15) is 5.75 Å². The van der Waals surface area contributed by atoms with Gasteiger partial charge in [-0.25, -0.2) is 4.68 Å². The summed E-state index contributed by atoms with van der Waals surface area (Å²) in [6.45, 7) is 1.98. The smallest absolute Gasteiger partial charge is 0.434 e. The average molecular weight is 403 g/mol. The second-order valence-electron chi connectivity index (χ2n) is 6.66. The van der Waals surface area contributed by atoms with Gasteiger partial charge in [0.2, 0.25) is 0 Å². The van der Waals surface area contributed by atoms with Crippen LogP contribution in [0.4, 0.5) is 13.2 Å². The molecule has 0 aliphatic carbocycles. The standard InChI is InChI=1S/C21H20F3N3O2/c1-14-4-8-16(9-5-14)27-19(21(22,23)24)18(12-25-27)20(28)26(2)13-15-6-10-17(29-3)11-7-15/h4-12H,13H2,1-3H3. The predicted octanol–water partition coefficient (Wildman–Crippen LogP) is 4.48. The highest BCUT2D eigenvalue weighted by atomic mass is 19.4. The van der Waals surface area contributed by atoms with Gasteiger partial charge in [0.25, 0.3) is 5.91 Å². The lowest BCUT2D eigenvalue weighted by molar-refractivity contribution is -0.143. The van der Waals surface area contributed by atoms with Gasteiger partial charge in [-0.05, 0) is 36.8 Å². The molecule has 1 heterocycles. The summed E-state index contributed by atoms with van der Waals surface area (Å²) in [6, 6.07) is 13.4. The van der Waals surface area contributed by atoms with Crippen molar-refractivity contribution in [1.29, 1.82) is 0 Å². The number of amides is 1. The number of aromatic nitrogens is 2. The van der Waals surface area contributed by atoms with Crippen molar-refractivity contribution in [2.75, 3.05) is 14.2 Å². The fraction of sp³-hybridized carbons (Fsp3) is 0.238. The molecular weight excluding hydrogens is 383 g/mol. The Balaban J connectivity index is 1.92. The third kappa shape index (κ3) is 4.42. The van der Waals surface area contributed by atoms with Crippen LogP contribution in [-0.4, -0.2) is 34.7 Å². The number of carbonyl (C=O) groups excluding carboxylic acids is 1. The molecule has 0 radical (unpaired) electrons. The molecule has 0 saturated carbocycles. The molecule has 1 amide bonds. The summed E-state index contributed by atoms with van der Waals surface area (Å²) in [6.07, 6.45) is -3.77. The summed E-state index contributed by atoms with van der Waals surface area (Å²) >= 11 is 0. The lowest BCUT2D eigenvalue weighted by atomic mass is 10.1. The van der Waals surface area contributed by atoms with Crippen molar-refractivity contribution in [1.82, 2.24) is 14.7 Å². The molecule has 0 fully saturated rings. The molecule has 0 atom stereocenters. The van der Waals surface area contributed by atoms with Crippen LogP contribution in [0.15, 0.2) is 54.7 Å². The van der Waals surface area contributed by atoms with Crippen LogP contribution in [0, 0.1) is 6.92 Å². The molecule has 0 aliphatic heterocycles. The topological polar surface area (TPSA) is 47.4 Å². The Hall–Kier alpha value is -3.29. The van der Waals surface area contributed by atoms with Crippen LogP contribution < -0.4 is 4.74 Å². The Bertz CT molecular complexity index is 994. The summed E-state index contributed by atoms with van der Waals surface area (Å²) in [4.78, 5) is 14.0. The van der Waals surface area contributed by atoms with Crippen molar-refractivity contribution in [3.63, 3.8) is 0 Å². The van der Waals surface area contributed by atoms with Gasteiger partial charge in [-0.2, -0.15) is 18.3 Å². The number of halogens is 3. The van der Waals surface area contributed by atoms with E-state index in [9.17, 15) is 18.0 Å². The first kappa shape index (κ1) is 20.4. The van der Waals surface area contributed by atoms with Crippen molar-refractivity contribution in [3.8, 4) is 11.4 Å². The lowest BCUT2D eigenvalue weighted by Crippen LogP contribution is -2.28. The highest BCUT2D eigenvalue weighted by molar-refractivity contribution is 5.95. The number of carbonyl (C=O) groups is 1. The number of nitrogens with zero attached hydrogens (tertiary/aromatic N) is 3. The highest BCUT2D eigenvalue weighted by Gasteiger charge is 2.41. The van der Waals surface area contributed by atoms with E-state index in [1.54, 1.807) is 36.4 Å². The molecule has 3 aromatic rings. The van der Waals surface area contributed by atoms with Gasteiger partial charge in [0.15, 0.2) is 5.69 Å². The Kier molecular flexibility index (Phi) is 5.63. The number of rotatable bonds is 5. The summed E-state index contributed by atoms with van der Waals surface area (Å²) in [5.41, 5.74) is 0.327. The van der Waals surface area contributed by atoms with Crippen molar-refractivity contribution in [2.45, 2.75) is 19.6 Å². The van der Waals surface area contributed by atoms with Crippen LogP contribution in [0.25, 0.3) is 5.69 Å². The number of aryl methyl sites for hydroxylation is 1. The zero-order valence-corrected chi connectivity index (χ0v) is 16.2. The van der Waals surface area contributed by atoms with Gasteiger partial charge in [-0.1, -0.05) is 29.8 Å². The molecule has 8 heteroatoms. The van der Waals surface area contributed by atoms with Crippen molar-refractivity contribution >= 4 is 5.91 Å². The first-order chi connectivity index (χ1) is 13.7. The second kappa shape index (κ2) is 7.98. The van der Waals surface area contributed by atoms with E-state index in [0.29, 0.717) is 5.75 Å². The van der Waals surface area contributed by atoms with Gasteiger partial charge in [-0.3, -0.25) is 4.79 Å². The largest absolute Gasteiger partial charge is 0.497 e. The zero-order valence-electron chi connectivity index (χ0n) is 16.2. The minimum atomic E-state index is -4.74. The maximum atomic E-state index is 13.8. The van der Waals surface area contributed by atoms with Crippen molar-refractivity contribution in [2.24, 2.45) is 0 Å². The Morgan fingerprint density at radius 1 is 1.10 bits per heavy atom. The first-order valence-corrected chi connectivity index (χ1v) is 8.81. The average Bonchev–Trinajstić information content (AvgIpc) is 3.14. The SMILES string of the molecule is COc1ccc(CN(C)C(=O)c2cnn(-c3ccc(C)cc3)c2C(F)(F)F)cc1. The van der Waals surface area contributed by atoms with Crippen LogP contribution in [0.1, 0.15) is 27.2 Å². The van der Waals surface area contributed by atoms with E-state index in [1.165, 1.54) is 31.2 Å². The molecule has 29 heavy (non-hydrogen) atoms. The minimum absolute atomic E-state index is 0.149. The maximum Gasteiger partial charge on any atom is 0.434 e. The van der Waals surface area contributed by atoms with Crippen LogP contribution in [0.2, 0.25) is 0 Å². The van der Waals surface area contributed by atoms with E-state index < -0.39 is 23.3 Å². The number of hydrogen-bond acceptors (Lipinski definition) is 3. The third-order valence-corrected chi connectivity index (χ3v) is 4.47. The number of alkyl halides is 3. The molecule has 0 aliphatic rings. The highest BCUT2D eigenvalue weighted by Crippen LogP contribution is 2.34. The number of hydrogen-bond donors (Lipinski definition) is 0. The van der Waals surface area contributed by atoms with Gasteiger partial charge < -0.3 is 9.64 Å². The Morgan fingerprint density at radius 2 is 1.72 bits per heavy atom. The van der Waals surface area contributed by atoms with E-state index in [4.69, 9.17) is 4.74 Å². The van der Waals surface area contributed by atoms with Gasteiger partial charge in [0, 0.05) is 13.6 Å². The van der Waals surface area contributed by atoms with E-state index >= 15 is 0 Å². The fourth-order valence-electron chi connectivity index (χ4n) is 2.94. The quantitative estimate of drug-likeness (QED) is 0.631. The predicted molar refractivity (Wildman–Crippen MR) is 102 cm³/mol. The second-order valence-corrected chi connectivity index (χ2v) is 6.66. The van der Waals surface area contributed by atoms with Crippen molar-refractivity contribution in [3.05, 3.63) is 77.1 Å². The summed E-state index contributed by atoms with van der Waals surface area (Å²) in [5.74, 6) is -0.104. The zero-order chi connectivity index (χ0) is 21.2. The fourth-order valence-corrected chi connectivity index (χ4v) is 2.94. The van der Waals surface area contributed by atoms with E-state index in [2.05, 4.69) is 5.10 Å². The van der Waals surface area contributed by atoms with Gasteiger partial charge in [-0.15, -0.1) is 0 Å². The number of benzene rings is 2. The molecule has 1 aromatic heterocycles. The molecule has 5 nitrogen and oxygen atoms in total. The maximum absolute atomic E-state index is 13.8. The van der Waals surface area contributed by atoms with Gasteiger partial charge in [0.05, 0.1) is 24.6 Å². The molecule has 0 N–H and O–H groups in total.